The number of thiophene rings is 2. The number of fused-ring (bicyclic) bond motifs is 1. The van der Waals surface area contributed by atoms with Crippen molar-refractivity contribution in [3.05, 3.63) is 38.7 Å². The van der Waals surface area contributed by atoms with E-state index >= 15 is 0 Å². The van der Waals surface area contributed by atoms with E-state index in [2.05, 4.69) is 23.8 Å². The van der Waals surface area contributed by atoms with Gasteiger partial charge in [0, 0.05) is 10.3 Å². The molecule has 3 rings (SSSR count). The van der Waals surface area contributed by atoms with Gasteiger partial charge in [-0.15, -0.1) is 22.7 Å². The van der Waals surface area contributed by atoms with E-state index in [4.69, 9.17) is 0 Å². The Morgan fingerprint density at radius 2 is 2.10 bits per heavy atom. The quantitative estimate of drug-likeness (QED) is 0.395. The third kappa shape index (κ3) is 2.88. The van der Waals surface area contributed by atoms with Gasteiger partial charge in [-0.3, -0.25) is 4.79 Å². The summed E-state index contributed by atoms with van der Waals surface area (Å²) in [5, 5.41) is 3.95. The second-order valence-electron chi connectivity index (χ2n) is 4.73. The molecule has 0 aliphatic rings. The fraction of sp³-hybridized carbons (Fsp3) is 0.267. The molecule has 3 aromatic heterocycles. The Morgan fingerprint density at radius 3 is 2.81 bits per heavy atom. The summed E-state index contributed by atoms with van der Waals surface area (Å²) in [6.45, 7) is 6.09. The fourth-order valence-corrected chi connectivity index (χ4v) is 4.97. The molecular formula is C15H14N2OS3. The molecule has 0 amide bonds. The smallest absolute Gasteiger partial charge is 0.183 e. The van der Waals surface area contributed by atoms with Crippen LogP contribution in [-0.4, -0.2) is 21.5 Å². The Hall–Kier alpha value is -1.24. The number of rotatable bonds is 4. The molecule has 3 aromatic rings. The average molecular weight is 334 g/mol. The summed E-state index contributed by atoms with van der Waals surface area (Å²) in [6.07, 6.45) is 0. The van der Waals surface area contributed by atoms with Crippen molar-refractivity contribution >= 4 is 50.4 Å². The van der Waals surface area contributed by atoms with Crippen LogP contribution in [0.3, 0.4) is 0 Å². The largest absolute Gasteiger partial charge is 0.292 e. The second kappa shape index (κ2) is 5.87. The van der Waals surface area contributed by atoms with Crippen molar-refractivity contribution in [2.24, 2.45) is 0 Å². The van der Waals surface area contributed by atoms with Gasteiger partial charge in [-0.1, -0.05) is 17.8 Å². The monoisotopic (exact) mass is 334 g/mol. The molecule has 0 fully saturated rings. The number of carbonyl (C=O) groups is 1. The summed E-state index contributed by atoms with van der Waals surface area (Å²) in [5.41, 5.74) is 1.22. The molecule has 0 aliphatic carbocycles. The van der Waals surface area contributed by atoms with Crippen molar-refractivity contribution in [1.29, 1.82) is 0 Å². The number of hydrogen-bond donors (Lipinski definition) is 0. The highest BCUT2D eigenvalue weighted by Gasteiger charge is 2.15. The standard InChI is InChI=1S/C15H14N2OS3/c1-8-9(2)21-15-13(8)14(16-10(3)17-15)20-7-11(18)12-5-4-6-19-12/h4-6H,7H2,1-3H3. The van der Waals surface area contributed by atoms with E-state index in [9.17, 15) is 4.79 Å². The minimum Gasteiger partial charge on any atom is -0.292 e. The van der Waals surface area contributed by atoms with Crippen molar-refractivity contribution in [1.82, 2.24) is 9.97 Å². The number of nitrogens with zero attached hydrogens (tertiary/aromatic N) is 2. The summed E-state index contributed by atoms with van der Waals surface area (Å²) in [5.74, 6) is 1.33. The lowest BCUT2D eigenvalue weighted by molar-refractivity contribution is 0.102. The zero-order chi connectivity index (χ0) is 15.0. The van der Waals surface area contributed by atoms with E-state index in [1.54, 1.807) is 11.3 Å². The second-order valence-corrected chi connectivity index (χ2v) is 7.84. The van der Waals surface area contributed by atoms with Crippen LogP contribution in [0.4, 0.5) is 0 Å². The van der Waals surface area contributed by atoms with Crippen LogP contribution >= 0.6 is 34.4 Å². The number of aryl methyl sites for hydroxylation is 3. The van der Waals surface area contributed by atoms with Crippen molar-refractivity contribution in [2.75, 3.05) is 5.75 Å². The molecule has 0 aliphatic heterocycles. The highest BCUT2D eigenvalue weighted by molar-refractivity contribution is 8.00. The molecule has 6 heteroatoms. The van der Waals surface area contributed by atoms with Crippen LogP contribution in [-0.2, 0) is 0 Å². The third-order valence-corrected chi connectivity index (χ3v) is 6.23. The first-order valence-corrected chi connectivity index (χ1v) is 9.18. The minimum absolute atomic E-state index is 0.156. The van der Waals surface area contributed by atoms with Crippen LogP contribution in [0.15, 0.2) is 22.5 Å². The number of thioether (sulfide) groups is 1. The van der Waals surface area contributed by atoms with Crippen molar-refractivity contribution < 1.29 is 4.79 Å². The number of hydrogen-bond acceptors (Lipinski definition) is 6. The molecule has 0 bridgehead atoms. The molecule has 0 unspecified atom stereocenters. The Morgan fingerprint density at radius 1 is 1.29 bits per heavy atom. The first-order valence-electron chi connectivity index (χ1n) is 6.50. The lowest BCUT2D eigenvalue weighted by atomic mass is 10.2. The van der Waals surface area contributed by atoms with Gasteiger partial charge in [-0.25, -0.2) is 9.97 Å². The molecule has 3 nitrogen and oxygen atoms in total. The Bertz CT molecular complexity index is 806. The molecule has 0 radical (unpaired) electrons. The lowest BCUT2D eigenvalue weighted by Crippen LogP contribution is -2.01. The molecular weight excluding hydrogens is 320 g/mol. The maximum absolute atomic E-state index is 12.1. The third-order valence-electron chi connectivity index (χ3n) is 3.24. The van der Waals surface area contributed by atoms with Crippen LogP contribution in [0.5, 0.6) is 0 Å². The molecule has 0 atom stereocenters. The van der Waals surface area contributed by atoms with Crippen molar-refractivity contribution in [3.63, 3.8) is 0 Å². The van der Waals surface area contributed by atoms with E-state index < -0.39 is 0 Å². The topological polar surface area (TPSA) is 42.9 Å². The van der Waals surface area contributed by atoms with Crippen LogP contribution < -0.4 is 0 Å². The fourth-order valence-electron chi connectivity index (χ4n) is 2.06. The van der Waals surface area contributed by atoms with Gasteiger partial charge in [-0.2, -0.15) is 0 Å². The molecule has 0 spiro atoms. The van der Waals surface area contributed by atoms with Gasteiger partial charge in [0.1, 0.15) is 15.7 Å². The van der Waals surface area contributed by atoms with Crippen LogP contribution in [0, 0.1) is 20.8 Å². The van der Waals surface area contributed by atoms with Gasteiger partial charge in [0.25, 0.3) is 0 Å². The van der Waals surface area contributed by atoms with Gasteiger partial charge in [0.05, 0.1) is 10.6 Å². The zero-order valence-electron chi connectivity index (χ0n) is 12.0. The van der Waals surface area contributed by atoms with E-state index in [1.165, 1.54) is 33.5 Å². The molecule has 0 saturated heterocycles. The van der Waals surface area contributed by atoms with Crippen LogP contribution in [0.25, 0.3) is 10.2 Å². The van der Waals surface area contributed by atoms with E-state index in [0.717, 1.165) is 25.9 Å². The molecule has 3 heterocycles. The molecule has 0 N–H and O–H groups in total. The van der Waals surface area contributed by atoms with Crippen molar-refractivity contribution in [3.8, 4) is 0 Å². The van der Waals surface area contributed by atoms with Gasteiger partial charge >= 0.3 is 0 Å². The van der Waals surface area contributed by atoms with Crippen molar-refractivity contribution in [2.45, 2.75) is 25.8 Å². The Kier molecular flexibility index (Phi) is 4.10. The highest BCUT2D eigenvalue weighted by atomic mass is 32.2. The molecule has 108 valence electrons. The summed E-state index contributed by atoms with van der Waals surface area (Å²) < 4.78 is 0. The average Bonchev–Trinajstić information content (AvgIpc) is 3.05. The van der Waals surface area contributed by atoms with E-state index in [0.29, 0.717) is 5.75 Å². The van der Waals surface area contributed by atoms with E-state index in [1.807, 2.05) is 24.4 Å². The Balaban J connectivity index is 1.91. The first-order chi connectivity index (χ1) is 10.1. The van der Waals surface area contributed by atoms with Crippen LogP contribution in [0.1, 0.15) is 25.9 Å². The SMILES string of the molecule is Cc1nc(SCC(=O)c2cccs2)c2c(C)c(C)sc2n1. The molecule has 21 heavy (non-hydrogen) atoms. The number of Topliss-reactive ketones (excluding diaryl/α,β-unsaturated/α-hetero) is 1. The maximum atomic E-state index is 12.1. The number of ketones is 1. The summed E-state index contributed by atoms with van der Waals surface area (Å²) >= 11 is 4.69. The van der Waals surface area contributed by atoms with E-state index in [-0.39, 0.29) is 5.78 Å². The summed E-state index contributed by atoms with van der Waals surface area (Å²) in [6, 6.07) is 3.77. The molecule has 0 saturated carbocycles. The predicted octanol–water partition coefficient (Wildman–Crippen LogP) is 4.65. The van der Waals surface area contributed by atoms with Gasteiger partial charge < -0.3 is 0 Å². The van der Waals surface area contributed by atoms with Gasteiger partial charge in [0.15, 0.2) is 5.78 Å². The van der Waals surface area contributed by atoms with Gasteiger partial charge in [0.2, 0.25) is 0 Å². The summed E-state index contributed by atoms with van der Waals surface area (Å²) in [7, 11) is 0. The highest BCUT2D eigenvalue weighted by Crippen LogP contribution is 2.35. The normalized spacial score (nSPS) is 11.2. The minimum atomic E-state index is 0.156. The summed E-state index contributed by atoms with van der Waals surface area (Å²) in [4.78, 5) is 24.3. The maximum Gasteiger partial charge on any atom is 0.183 e. The lowest BCUT2D eigenvalue weighted by Gasteiger charge is -2.04. The predicted molar refractivity (Wildman–Crippen MR) is 91.0 cm³/mol. The first kappa shape index (κ1) is 14.7. The zero-order valence-corrected chi connectivity index (χ0v) is 14.4. The van der Waals surface area contributed by atoms with Gasteiger partial charge in [-0.05, 0) is 37.8 Å². The number of carbonyl (C=O) groups excluding carboxylic acids is 1. The number of aromatic nitrogens is 2. The Labute approximate surface area is 135 Å². The van der Waals surface area contributed by atoms with Crippen LogP contribution in [0.2, 0.25) is 0 Å². The molecule has 0 aromatic carbocycles.